The van der Waals surface area contributed by atoms with Gasteiger partial charge in [-0.2, -0.15) is 17.5 Å². The maximum atomic E-state index is 12.9. The van der Waals surface area contributed by atoms with Gasteiger partial charge in [-0.15, -0.1) is 0 Å². The summed E-state index contributed by atoms with van der Waals surface area (Å²) in [5.41, 5.74) is -5.10. The Morgan fingerprint density at radius 2 is 2.08 bits per heavy atom. The summed E-state index contributed by atoms with van der Waals surface area (Å²) >= 11 is 0. The molecule has 1 N–H and O–H groups in total. The summed E-state index contributed by atoms with van der Waals surface area (Å²) < 4.78 is 62.9. The highest BCUT2D eigenvalue weighted by Gasteiger charge is 2.62. The van der Waals surface area contributed by atoms with E-state index in [4.69, 9.17) is 0 Å². The second-order valence-corrected chi connectivity index (χ2v) is 8.60. The maximum absolute atomic E-state index is 12.9. The number of anilines is 1. The van der Waals surface area contributed by atoms with Gasteiger partial charge >= 0.3 is 15.5 Å². The molecule has 2 aromatic rings. The lowest BCUT2D eigenvalue weighted by Crippen LogP contribution is -2.42. The van der Waals surface area contributed by atoms with Crippen molar-refractivity contribution in [1.29, 1.82) is 0 Å². The van der Waals surface area contributed by atoms with Gasteiger partial charge in [0.1, 0.15) is 17.8 Å². The molecule has 2 aromatic heterocycles. The molecular weight excluding hydrogens is 359 g/mol. The molecule has 0 aromatic carbocycles. The molecular formula is C14H16F3N5O2S. The first kappa shape index (κ1) is 16.6. The first-order chi connectivity index (χ1) is 11.7. The summed E-state index contributed by atoms with van der Waals surface area (Å²) in [5, 5.41) is 0.748. The number of halogens is 3. The van der Waals surface area contributed by atoms with Crippen LogP contribution in [0.4, 0.5) is 19.0 Å². The number of nitrogens with zero attached hydrogens (tertiary/aromatic N) is 4. The van der Waals surface area contributed by atoms with E-state index in [2.05, 4.69) is 15.0 Å². The number of likely N-dealkylation sites (N-methyl/N-ethyl adjacent to an activating group) is 1. The van der Waals surface area contributed by atoms with E-state index in [0.717, 1.165) is 5.39 Å². The standard InChI is InChI=1S/C14H16F3N5O2S/c1-21(12-9-2-5-18-11(9)19-8-20-12)10-6-22(7-13(10)3-4-13)25(23,24)14(15,16)17/h2,5,8,10H,3-4,6-7H2,1H3,(H,18,19,20)/t10-/m0/s1. The Hall–Kier alpha value is -1.88. The molecule has 0 unspecified atom stereocenters. The minimum Gasteiger partial charge on any atom is -0.354 e. The molecule has 136 valence electrons. The van der Waals surface area contributed by atoms with Crippen LogP contribution in [0.3, 0.4) is 0 Å². The minimum absolute atomic E-state index is 0.106. The average molecular weight is 375 g/mol. The van der Waals surface area contributed by atoms with Gasteiger partial charge in [-0.25, -0.2) is 18.4 Å². The van der Waals surface area contributed by atoms with E-state index < -0.39 is 20.9 Å². The molecule has 11 heteroatoms. The van der Waals surface area contributed by atoms with E-state index in [1.807, 2.05) is 0 Å². The van der Waals surface area contributed by atoms with E-state index in [1.54, 1.807) is 24.2 Å². The van der Waals surface area contributed by atoms with Crippen molar-refractivity contribution in [1.82, 2.24) is 19.3 Å². The van der Waals surface area contributed by atoms with Crippen LogP contribution in [-0.4, -0.2) is 59.4 Å². The molecule has 1 saturated heterocycles. The predicted octanol–water partition coefficient (Wildman–Crippen LogP) is 1.71. The summed E-state index contributed by atoms with van der Waals surface area (Å²) in [5.74, 6) is 0.578. The fourth-order valence-electron chi connectivity index (χ4n) is 3.71. The lowest BCUT2D eigenvalue weighted by atomic mass is 9.99. The first-order valence-electron chi connectivity index (χ1n) is 7.73. The number of nitrogens with one attached hydrogen (secondary N) is 1. The number of H-pyrrole nitrogens is 1. The maximum Gasteiger partial charge on any atom is 0.511 e. The van der Waals surface area contributed by atoms with Crippen molar-refractivity contribution in [2.75, 3.05) is 25.0 Å². The van der Waals surface area contributed by atoms with Crippen LogP contribution in [-0.2, 0) is 10.0 Å². The van der Waals surface area contributed by atoms with Crippen LogP contribution < -0.4 is 4.90 Å². The smallest absolute Gasteiger partial charge is 0.354 e. The van der Waals surface area contributed by atoms with Crippen molar-refractivity contribution in [3.8, 4) is 0 Å². The number of alkyl halides is 3. The van der Waals surface area contributed by atoms with Gasteiger partial charge < -0.3 is 9.88 Å². The van der Waals surface area contributed by atoms with Crippen LogP contribution in [0.15, 0.2) is 18.6 Å². The van der Waals surface area contributed by atoms with Gasteiger partial charge in [0.05, 0.1) is 11.4 Å². The van der Waals surface area contributed by atoms with Gasteiger partial charge in [0.2, 0.25) is 0 Å². The van der Waals surface area contributed by atoms with Gasteiger partial charge in [0, 0.05) is 31.7 Å². The Morgan fingerprint density at radius 3 is 2.72 bits per heavy atom. The molecule has 7 nitrogen and oxygen atoms in total. The highest BCUT2D eigenvalue weighted by molar-refractivity contribution is 7.90. The normalized spacial score (nSPS) is 23.4. The molecule has 0 bridgehead atoms. The predicted molar refractivity (Wildman–Crippen MR) is 84.3 cm³/mol. The van der Waals surface area contributed by atoms with Crippen molar-refractivity contribution in [3.63, 3.8) is 0 Å². The van der Waals surface area contributed by atoms with Crippen LogP contribution in [0.5, 0.6) is 0 Å². The molecule has 1 aliphatic carbocycles. The van der Waals surface area contributed by atoms with Crippen molar-refractivity contribution in [2.45, 2.75) is 24.4 Å². The SMILES string of the molecule is CN(c1ncnc2[nH]ccc12)[C@H]1CN(S(=O)(=O)C(F)(F)F)CC12CC2. The van der Waals surface area contributed by atoms with E-state index >= 15 is 0 Å². The summed E-state index contributed by atoms with van der Waals surface area (Å²) in [6.07, 6.45) is 4.49. The van der Waals surface area contributed by atoms with Crippen molar-refractivity contribution in [2.24, 2.45) is 5.41 Å². The average Bonchev–Trinajstić information content (AvgIpc) is 2.97. The number of hydrogen-bond donors (Lipinski definition) is 1. The van der Waals surface area contributed by atoms with E-state index in [9.17, 15) is 21.6 Å². The fourth-order valence-corrected chi connectivity index (χ4v) is 4.77. The fraction of sp³-hybridized carbons (Fsp3) is 0.571. The number of fused-ring (bicyclic) bond motifs is 1. The summed E-state index contributed by atoms with van der Waals surface area (Å²) in [6, 6.07) is 1.43. The van der Waals surface area contributed by atoms with Crippen molar-refractivity contribution < 1.29 is 21.6 Å². The lowest BCUT2D eigenvalue weighted by Gasteiger charge is -2.30. The Bertz CT molecular complexity index is 922. The Kier molecular flexibility index (Phi) is 3.36. The zero-order valence-corrected chi connectivity index (χ0v) is 14.1. The molecule has 25 heavy (non-hydrogen) atoms. The number of sulfonamides is 1. The van der Waals surface area contributed by atoms with Crippen LogP contribution in [0.25, 0.3) is 11.0 Å². The van der Waals surface area contributed by atoms with Crippen LogP contribution in [0.1, 0.15) is 12.8 Å². The van der Waals surface area contributed by atoms with Gasteiger partial charge in [-0.3, -0.25) is 0 Å². The molecule has 1 aliphatic heterocycles. The quantitative estimate of drug-likeness (QED) is 0.883. The molecule has 3 heterocycles. The molecule has 2 fully saturated rings. The third-order valence-electron chi connectivity index (χ3n) is 5.23. The highest BCUT2D eigenvalue weighted by atomic mass is 32.2. The van der Waals surface area contributed by atoms with E-state index in [-0.39, 0.29) is 19.1 Å². The molecule has 0 radical (unpaired) electrons. The molecule has 1 atom stereocenters. The number of rotatable bonds is 3. The van der Waals surface area contributed by atoms with E-state index in [1.165, 1.54) is 6.33 Å². The molecule has 4 rings (SSSR count). The molecule has 0 amide bonds. The number of aromatic nitrogens is 3. The van der Waals surface area contributed by atoms with Gasteiger partial charge in [0.15, 0.2) is 0 Å². The lowest BCUT2D eigenvalue weighted by molar-refractivity contribution is -0.0484. The molecule has 1 spiro atoms. The Labute approximate surface area is 141 Å². The van der Waals surface area contributed by atoms with E-state index in [0.29, 0.717) is 28.6 Å². The third-order valence-corrected chi connectivity index (χ3v) is 6.78. The van der Waals surface area contributed by atoms with Crippen molar-refractivity contribution >= 4 is 26.9 Å². The first-order valence-corrected chi connectivity index (χ1v) is 9.17. The number of aromatic amines is 1. The van der Waals surface area contributed by atoms with Crippen molar-refractivity contribution in [3.05, 3.63) is 18.6 Å². The molecule has 2 aliphatic rings. The zero-order chi connectivity index (χ0) is 18.0. The van der Waals surface area contributed by atoms with Gasteiger partial charge in [-0.05, 0) is 18.9 Å². The van der Waals surface area contributed by atoms with Gasteiger partial charge in [0.25, 0.3) is 0 Å². The summed E-state index contributed by atoms with van der Waals surface area (Å²) in [7, 11) is -3.58. The van der Waals surface area contributed by atoms with Crippen LogP contribution in [0.2, 0.25) is 0 Å². The Morgan fingerprint density at radius 1 is 1.36 bits per heavy atom. The van der Waals surface area contributed by atoms with Gasteiger partial charge in [-0.1, -0.05) is 0 Å². The monoisotopic (exact) mass is 375 g/mol. The number of hydrogen-bond acceptors (Lipinski definition) is 5. The van der Waals surface area contributed by atoms with Crippen LogP contribution >= 0.6 is 0 Å². The summed E-state index contributed by atoms with van der Waals surface area (Å²) in [6.45, 7) is -0.306. The third kappa shape index (κ3) is 2.40. The highest BCUT2D eigenvalue weighted by Crippen LogP contribution is 2.56. The largest absolute Gasteiger partial charge is 0.511 e. The van der Waals surface area contributed by atoms with Crippen LogP contribution in [0, 0.1) is 5.41 Å². The second kappa shape index (κ2) is 5.07. The zero-order valence-electron chi connectivity index (χ0n) is 13.3. The Balaban J connectivity index is 1.68. The topological polar surface area (TPSA) is 82.2 Å². The summed E-state index contributed by atoms with van der Waals surface area (Å²) in [4.78, 5) is 13.1. The molecule has 1 saturated carbocycles. The second-order valence-electron chi connectivity index (χ2n) is 6.67. The minimum atomic E-state index is -5.32.